The van der Waals surface area contributed by atoms with Crippen molar-refractivity contribution in [1.82, 2.24) is 14.9 Å². The highest BCUT2D eigenvalue weighted by atomic mass is 16.6. The molecule has 7 nitrogen and oxygen atoms in total. The molecule has 1 aromatic heterocycles. The van der Waals surface area contributed by atoms with Crippen LogP contribution < -0.4 is 4.90 Å². The molecule has 3 aromatic rings. The van der Waals surface area contributed by atoms with Crippen molar-refractivity contribution < 1.29 is 4.92 Å². The van der Waals surface area contributed by atoms with Gasteiger partial charge in [-0.3, -0.25) is 10.1 Å². The van der Waals surface area contributed by atoms with E-state index < -0.39 is 4.92 Å². The molecule has 1 fully saturated rings. The van der Waals surface area contributed by atoms with Gasteiger partial charge >= 0.3 is 0 Å². The first kappa shape index (κ1) is 15.6. The van der Waals surface area contributed by atoms with Gasteiger partial charge in [0.05, 0.1) is 16.0 Å². The van der Waals surface area contributed by atoms with Crippen molar-refractivity contribution in [3.8, 4) is 11.4 Å². The van der Waals surface area contributed by atoms with Crippen molar-refractivity contribution in [2.45, 2.75) is 0 Å². The number of anilines is 1. The lowest BCUT2D eigenvalue weighted by molar-refractivity contribution is -0.384. The van der Waals surface area contributed by atoms with E-state index in [0.717, 1.165) is 48.6 Å². The molecule has 1 aliphatic heterocycles. The van der Waals surface area contributed by atoms with E-state index in [1.165, 1.54) is 17.8 Å². The number of rotatable bonds is 3. The zero-order valence-corrected chi connectivity index (χ0v) is 14.0. The topological polar surface area (TPSA) is 78.3 Å². The molecule has 4 rings (SSSR count). The molecule has 1 N–H and O–H groups in total. The van der Waals surface area contributed by atoms with Crippen LogP contribution in [0.1, 0.15) is 0 Å². The van der Waals surface area contributed by atoms with Crippen LogP contribution in [-0.2, 0) is 0 Å². The van der Waals surface area contributed by atoms with Gasteiger partial charge in [0.25, 0.3) is 5.69 Å². The fourth-order valence-corrected chi connectivity index (χ4v) is 3.14. The second kappa shape index (κ2) is 6.18. The molecule has 7 heteroatoms. The molecule has 2 aromatic carbocycles. The Kier molecular flexibility index (Phi) is 3.85. The number of aromatic amines is 1. The first-order valence-electron chi connectivity index (χ1n) is 8.28. The third-order valence-electron chi connectivity index (χ3n) is 4.69. The van der Waals surface area contributed by atoms with Crippen LogP contribution >= 0.6 is 0 Å². The molecular weight excluding hydrogens is 318 g/mol. The standard InChI is InChI=1S/C18H19N5O2/c1-21-8-10-22(11-9-21)15-6-7-16-17(12-15)20-18(19-16)13-2-4-14(5-3-13)23(24)25/h2-7,12H,8-11H2,1H3,(H,19,20). The molecule has 0 bridgehead atoms. The largest absolute Gasteiger partial charge is 0.369 e. The summed E-state index contributed by atoms with van der Waals surface area (Å²) in [5, 5.41) is 10.8. The molecule has 0 spiro atoms. The number of non-ortho nitro benzene ring substituents is 1. The number of imidazole rings is 1. The number of fused-ring (bicyclic) bond motifs is 1. The van der Waals surface area contributed by atoms with E-state index in [9.17, 15) is 10.1 Å². The van der Waals surface area contributed by atoms with E-state index in [0.29, 0.717) is 0 Å². The highest BCUT2D eigenvalue weighted by Gasteiger charge is 2.15. The fourth-order valence-electron chi connectivity index (χ4n) is 3.14. The molecule has 1 saturated heterocycles. The Morgan fingerprint density at radius 2 is 1.80 bits per heavy atom. The highest BCUT2D eigenvalue weighted by molar-refractivity contribution is 5.83. The van der Waals surface area contributed by atoms with Crippen molar-refractivity contribution in [2.75, 3.05) is 38.1 Å². The lowest BCUT2D eigenvalue weighted by Crippen LogP contribution is -2.44. The number of benzene rings is 2. The number of hydrogen-bond donors (Lipinski definition) is 1. The van der Waals surface area contributed by atoms with Gasteiger partial charge in [0.2, 0.25) is 0 Å². The summed E-state index contributed by atoms with van der Waals surface area (Å²) in [6, 6.07) is 12.7. The molecule has 0 unspecified atom stereocenters. The Balaban J connectivity index is 1.63. The van der Waals surface area contributed by atoms with Gasteiger partial charge in [-0.05, 0) is 37.4 Å². The van der Waals surface area contributed by atoms with Gasteiger partial charge < -0.3 is 14.8 Å². The first-order chi connectivity index (χ1) is 12.1. The number of nitro benzene ring substituents is 1. The third kappa shape index (κ3) is 3.06. The average molecular weight is 337 g/mol. The van der Waals surface area contributed by atoms with E-state index in [1.54, 1.807) is 12.1 Å². The summed E-state index contributed by atoms with van der Waals surface area (Å²) in [5.41, 5.74) is 3.98. The average Bonchev–Trinajstić information content (AvgIpc) is 3.05. The highest BCUT2D eigenvalue weighted by Crippen LogP contribution is 2.26. The number of nitro groups is 1. The van der Waals surface area contributed by atoms with Gasteiger partial charge in [0.1, 0.15) is 5.82 Å². The van der Waals surface area contributed by atoms with E-state index in [4.69, 9.17) is 0 Å². The molecule has 2 heterocycles. The van der Waals surface area contributed by atoms with Crippen LogP contribution in [0.3, 0.4) is 0 Å². The van der Waals surface area contributed by atoms with Gasteiger partial charge in [-0.1, -0.05) is 0 Å². The zero-order chi connectivity index (χ0) is 17.4. The molecular formula is C18H19N5O2. The van der Waals surface area contributed by atoms with E-state index in [-0.39, 0.29) is 5.69 Å². The van der Waals surface area contributed by atoms with Crippen LogP contribution in [0.5, 0.6) is 0 Å². The summed E-state index contributed by atoms with van der Waals surface area (Å²) < 4.78 is 0. The Hall–Kier alpha value is -2.93. The Morgan fingerprint density at radius 3 is 2.48 bits per heavy atom. The summed E-state index contributed by atoms with van der Waals surface area (Å²) in [4.78, 5) is 23.0. The second-order valence-electron chi connectivity index (χ2n) is 6.38. The molecule has 25 heavy (non-hydrogen) atoms. The van der Waals surface area contributed by atoms with Crippen LogP contribution in [0.4, 0.5) is 11.4 Å². The number of aromatic nitrogens is 2. The molecule has 0 saturated carbocycles. The molecule has 128 valence electrons. The molecule has 0 amide bonds. The fraction of sp³-hybridized carbons (Fsp3) is 0.278. The van der Waals surface area contributed by atoms with Crippen LogP contribution in [0.25, 0.3) is 22.4 Å². The minimum atomic E-state index is -0.398. The maximum absolute atomic E-state index is 10.8. The van der Waals surface area contributed by atoms with Crippen LogP contribution in [0.2, 0.25) is 0 Å². The second-order valence-corrected chi connectivity index (χ2v) is 6.38. The normalized spacial score (nSPS) is 15.6. The van der Waals surface area contributed by atoms with E-state index in [2.05, 4.69) is 38.9 Å². The first-order valence-corrected chi connectivity index (χ1v) is 8.28. The lowest BCUT2D eigenvalue weighted by Gasteiger charge is -2.34. The van der Waals surface area contributed by atoms with E-state index in [1.807, 2.05) is 6.07 Å². The quantitative estimate of drug-likeness (QED) is 0.587. The van der Waals surface area contributed by atoms with Gasteiger partial charge in [-0.25, -0.2) is 4.98 Å². The summed E-state index contributed by atoms with van der Waals surface area (Å²) in [7, 11) is 2.14. The predicted octanol–water partition coefficient (Wildman–Crippen LogP) is 2.89. The van der Waals surface area contributed by atoms with Crippen molar-refractivity contribution in [2.24, 2.45) is 0 Å². The zero-order valence-electron chi connectivity index (χ0n) is 14.0. The van der Waals surface area contributed by atoms with Gasteiger partial charge in [0.15, 0.2) is 0 Å². The maximum atomic E-state index is 10.8. The van der Waals surface area contributed by atoms with Crippen LogP contribution in [0.15, 0.2) is 42.5 Å². The smallest absolute Gasteiger partial charge is 0.269 e. The summed E-state index contributed by atoms with van der Waals surface area (Å²) in [6.45, 7) is 4.17. The van der Waals surface area contributed by atoms with Crippen molar-refractivity contribution in [1.29, 1.82) is 0 Å². The van der Waals surface area contributed by atoms with Crippen molar-refractivity contribution in [3.63, 3.8) is 0 Å². The van der Waals surface area contributed by atoms with Crippen molar-refractivity contribution >= 4 is 22.4 Å². The minimum Gasteiger partial charge on any atom is -0.369 e. The summed E-state index contributed by atoms with van der Waals surface area (Å²) in [5.74, 6) is 0.723. The summed E-state index contributed by atoms with van der Waals surface area (Å²) >= 11 is 0. The Labute approximate surface area is 145 Å². The Morgan fingerprint density at radius 1 is 1.08 bits per heavy atom. The number of hydrogen-bond acceptors (Lipinski definition) is 5. The predicted molar refractivity (Wildman–Crippen MR) is 97.9 cm³/mol. The SMILES string of the molecule is CN1CCN(c2ccc3nc(-c4ccc([N+](=O)[O-])cc4)[nH]c3c2)CC1. The number of nitrogens with zero attached hydrogens (tertiary/aromatic N) is 4. The number of likely N-dealkylation sites (N-methyl/N-ethyl adjacent to an activating group) is 1. The van der Waals surface area contributed by atoms with Crippen LogP contribution in [-0.4, -0.2) is 53.0 Å². The molecule has 1 aliphatic rings. The maximum Gasteiger partial charge on any atom is 0.269 e. The van der Waals surface area contributed by atoms with E-state index >= 15 is 0 Å². The molecule has 0 atom stereocenters. The van der Waals surface area contributed by atoms with Gasteiger partial charge in [-0.2, -0.15) is 0 Å². The molecule has 0 radical (unpaired) electrons. The third-order valence-corrected chi connectivity index (χ3v) is 4.69. The lowest BCUT2D eigenvalue weighted by atomic mass is 10.2. The van der Waals surface area contributed by atoms with Crippen molar-refractivity contribution in [3.05, 3.63) is 52.6 Å². The number of piperazine rings is 1. The summed E-state index contributed by atoms with van der Waals surface area (Å²) in [6.07, 6.45) is 0. The monoisotopic (exact) mass is 337 g/mol. The number of nitrogens with one attached hydrogen (secondary N) is 1. The minimum absolute atomic E-state index is 0.0808. The van der Waals surface area contributed by atoms with Gasteiger partial charge in [-0.15, -0.1) is 0 Å². The van der Waals surface area contributed by atoms with Crippen LogP contribution in [0, 0.1) is 10.1 Å². The molecule has 0 aliphatic carbocycles. The Bertz CT molecular complexity index is 911. The number of H-pyrrole nitrogens is 1. The van der Waals surface area contributed by atoms with Gasteiger partial charge in [0, 0.05) is 49.6 Å².